The molecule has 0 unspecified atom stereocenters. The molecule has 1 atom stereocenters. The number of nitrogens with one attached hydrogen (secondary N) is 1. The summed E-state index contributed by atoms with van der Waals surface area (Å²) in [5.41, 5.74) is 1.50. The number of amides is 2. The van der Waals surface area contributed by atoms with E-state index in [4.69, 9.17) is 0 Å². The Balaban J connectivity index is 1.95. The van der Waals surface area contributed by atoms with E-state index in [-0.39, 0.29) is 11.8 Å². The highest BCUT2D eigenvalue weighted by Crippen LogP contribution is 2.38. The average Bonchev–Trinajstić information content (AvgIpc) is 2.79. The zero-order valence-electron chi connectivity index (χ0n) is 13.1. The second-order valence-electron chi connectivity index (χ2n) is 6.17. The van der Waals surface area contributed by atoms with Crippen molar-refractivity contribution in [3.05, 3.63) is 42.0 Å². The van der Waals surface area contributed by atoms with Crippen molar-refractivity contribution in [2.75, 3.05) is 11.4 Å². The number of carbonyl (C=O) groups is 2. The predicted octanol–water partition coefficient (Wildman–Crippen LogP) is 2.96. The Hall–Kier alpha value is -2.36. The van der Waals surface area contributed by atoms with Gasteiger partial charge in [-0.1, -0.05) is 38.1 Å². The van der Waals surface area contributed by atoms with Crippen molar-refractivity contribution < 1.29 is 9.59 Å². The van der Waals surface area contributed by atoms with Crippen LogP contribution in [0, 0.1) is 5.92 Å². The number of carbonyl (C=O) groups excluding carboxylic acids is 2. The standard InChI is InChI=1S/C18H20N2O2/c1-11(2)10-19-17(21)12(3)20-15-9-5-7-13-6-4-8-14(16(13)15)18(20)22/h4-9,11-12H,10H2,1-3H3,(H,19,21)/t12-/m1/s1. The molecule has 2 aromatic carbocycles. The minimum Gasteiger partial charge on any atom is -0.354 e. The van der Waals surface area contributed by atoms with E-state index in [0.29, 0.717) is 18.0 Å². The first-order chi connectivity index (χ1) is 10.5. The summed E-state index contributed by atoms with van der Waals surface area (Å²) >= 11 is 0. The Bertz CT molecular complexity index is 747. The van der Waals surface area contributed by atoms with Gasteiger partial charge in [0.2, 0.25) is 5.91 Å². The van der Waals surface area contributed by atoms with Crippen LogP contribution in [0.1, 0.15) is 31.1 Å². The van der Waals surface area contributed by atoms with E-state index in [1.165, 1.54) is 0 Å². The molecule has 4 nitrogen and oxygen atoms in total. The third-order valence-electron chi connectivity index (χ3n) is 4.04. The van der Waals surface area contributed by atoms with Crippen LogP contribution in [0.15, 0.2) is 36.4 Å². The molecule has 0 bridgehead atoms. The van der Waals surface area contributed by atoms with Crippen LogP contribution in [0.3, 0.4) is 0 Å². The van der Waals surface area contributed by atoms with Gasteiger partial charge in [-0.3, -0.25) is 14.5 Å². The van der Waals surface area contributed by atoms with Gasteiger partial charge in [0.1, 0.15) is 6.04 Å². The first kappa shape index (κ1) is 14.6. The molecular weight excluding hydrogens is 276 g/mol. The first-order valence-electron chi connectivity index (χ1n) is 7.63. The lowest BCUT2D eigenvalue weighted by molar-refractivity contribution is -0.122. The molecule has 0 aliphatic carbocycles. The van der Waals surface area contributed by atoms with Crippen LogP contribution in [0.5, 0.6) is 0 Å². The molecule has 22 heavy (non-hydrogen) atoms. The molecule has 1 aliphatic heterocycles. The van der Waals surface area contributed by atoms with Crippen molar-refractivity contribution in [2.45, 2.75) is 26.8 Å². The summed E-state index contributed by atoms with van der Waals surface area (Å²) < 4.78 is 0. The zero-order chi connectivity index (χ0) is 15.9. The summed E-state index contributed by atoms with van der Waals surface area (Å²) in [4.78, 5) is 26.7. The number of hydrogen-bond acceptors (Lipinski definition) is 2. The molecule has 0 radical (unpaired) electrons. The van der Waals surface area contributed by atoms with E-state index >= 15 is 0 Å². The minimum absolute atomic E-state index is 0.0982. The van der Waals surface area contributed by atoms with Gasteiger partial charge in [0.15, 0.2) is 0 Å². The van der Waals surface area contributed by atoms with E-state index in [1.807, 2.05) is 50.2 Å². The summed E-state index contributed by atoms with van der Waals surface area (Å²) in [5, 5.41) is 4.88. The van der Waals surface area contributed by atoms with Crippen molar-refractivity contribution >= 4 is 28.3 Å². The Labute approximate surface area is 130 Å². The molecule has 2 amide bonds. The molecule has 3 rings (SSSR count). The number of hydrogen-bond donors (Lipinski definition) is 1. The van der Waals surface area contributed by atoms with Gasteiger partial charge in [-0.25, -0.2) is 0 Å². The summed E-state index contributed by atoms with van der Waals surface area (Å²) in [6, 6.07) is 11.0. The van der Waals surface area contributed by atoms with Crippen molar-refractivity contribution in [3.63, 3.8) is 0 Å². The van der Waals surface area contributed by atoms with E-state index in [0.717, 1.165) is 16.5 Å². The van der Waals surface area contributed by atoms with Crippen LogP contribution in [-0.2, 0) is 4.79 Å². The largest absolute Gasteiger partial charge is 0.354 e. The summed E-state index contributed by atoms with van der Waals surface area (Å²) in [6.45, 7) is 6.48. The lowest BCUT2D eigenvalue weighted by Crippen LogP contribution is -2.47. The smallest absolute Gasteiger partial charge is 0.259 e. The molecular formula is C18H20N2O2. The maximum Gasteiger partial charge on any atom is 0.259 e. The number of rotatable bonds is 4. The van der Waals surface area contributed by atoms with Gasteiger partial charge in [0, 0.05) is 17.5 Å². The fraction of sp³-hybridized carbons (Fsp3) is 0.333. The molecule has 0 spiro atoms. The van der Waals surface area contributed by atoms with E-state index in [1.54, 1.807) is 11.8 Å². The Morgan fingerprint density at radius 1 is 1.14 bits per heavy atom. The van der Waals surface area contributed by atoms with E-state index < -0.39 is 6.04 Å². The summed E-state index contributed by atoms with van der Waals surface area (Å²) in [6.07, 6.45) is 0. The maximum absolute atomic E-state index is 12.7. The summed E-state index contributed by atoms with van der Waals surface area (Å²) in [7, 11) is 0. The molecule has 0 saturated heterocycles. The van der Waals surface area contributed by atoms with Crippen LogP contribution in [-0.4, -0.2) is 24.4 Å². The summed E-state index contributed by atoms with van der Waals surface area (Å²) in [5.74, 6) is 0.164. The zero-order valence-corrected chi connectivity index (χ0v) is 13.1. The molecule has 2 aromatic rings. The molecule has 1 heterocycles. The molecule has 4 heteroatoms. The highest BCUT2D eigenvalue weighted by molar-refractivity contribution is 6.26. The lowest BCUT2D eigenvalue weighted by atomic mass is 10.1. The quantitative estimate of drug-likeness (QED) is 0.943. The topological polar surface area (TPSA) is 49.4 Å². The average molecular weight is 296 g/mol. The highest BCUT2D eigenvalue weighted by Gasteiger charge is 2.35. The van der Waals surface area contributed by atoms with Gasteiger partial charge < -0.3 is 5.32 Å². The number of anilines is 1. The minimum atomic E-state index is -0.524. The highest BCUT2D eigenvalue weighted by atomic mass is 16.2. The SMILES string of the molecule is CC(C)CNC(=O)[C@@H](C)N1C(=O)c2cccc3cccc1c23. The maximum atomic E-state index is 12.7. The van der Waals surface area contributed by atoms with Crippen LogP contribution in [0.2, 0.25) is 0 Å². The van der Waals surface area contributed by atoms with Gasteiger partial charge in [-0.15, -0.1) is 0 Å². The fourth-order valence-electron chi connectivity index (χ4n) is 2.89. The third-order valence-corrected chi connectivity index (χ3v) is 4.04. The van der Waals surface area contributed by atoms with Gasteiger partial charge in [0.05, 0.1) is 5.69 Å². The second-order valence-corrected chi connectivity index (χ2v) is 6.17. The third kappa shape index (κ3) is 2.25. The Morgan fingerprint density at radius 2 is 1.82 bits per heavy atom. The van der Waals surface area contributed by atoms with Crippen molar-refractivity contribution in [2.24, 2.45) is 5.92 Å². The van der Waals surface area contributed by atoms with Gasteiger partial charge >= 0.3 is 0 Å². The van der Waals surface area contributed by atoms with E-state index in [2.05, 4.69) is 5.32 Å². The van der Waals surface area contributed by atoms with E-state index in [9.17, 15) is 9.59 Å². The molecule has 114 valence electrons. The molecule has 0 fully saturated rings. The van der Waals surface area contributed by atoms with Crippen molar-refractivity contribution in [1.82, 2.24) is 5.32 Å². The first-order valence-corrected chi connectivity index (χ1v) is 7.63. The predicted molar refractivity (Wildman–Crippen MR) is 88.1 cm³/mol. The van der Waals surface area contributed by atoms with Crippen LogP contribution in [0.4, 0.5) is 5.69 Å². The second kappa shape index (κ2) is 5.44. The molecule has 0 aromatic heterocycles. The Morgan fingerprint density at radius 3 is 2.50 bits per heavy atom. The molecule has 1 aliphatic rings. The van der Waals surface area contributed by atoms with Crippen LogP contribution >= 0.6 is 0 Å². The van der Waals surface area contributed by atoms with Crippen molar-refractivity contribution in [1.29, 1.82) is 0 Å². The molecule has 0 saturated carbocycles. The Kier molecular flexibility index (Phi) is 3.61. The normalized spacial score (nSPS) is 14.7. The van der Waals surface area contributed by atoms with Crippen molar-refractivity contribution in [3.8, 4) is 0 Å². The number of nitrogens with zero attached hydrogens (tertiary/aromatic N) is 1. The fourth-order valence-corrected chi connectivity index (χ4v) is 2.89. The number of benzene rings is 2. The van der Waals surface area contributed by atoms with Gasteiger partial charge in [-0.2, -0.15) is 0 Å². The van der Waals surface area contributed by atoms with Crippen LogP contribution < -0.4 is 10.2 Å². The molecule has 1 N–H and O–H groups in total. The van der Waals surface area contributed by atoms with Gasteiger partial charge in [-0.05, 0) is 30.4 Å². The lowest BCUT2D eigenvalue weighted by Gasteiger charge is -2.25. The van der Waals surface area contributed by atoms with Gasteiger partial charge in [0.25, 0.3) is 5.91 Å². The van der Waals surface area contributed by atoms with Crippen LogP contribution in [0.25, 0.3) is 10.8 Å². The monoisotopic (exact) mass is 296 g/mol.